The van der Waals surface area contributed by atoms with Gasteiger partial charge in [-0.15, -0.1) is 0 Å². The molecule has 1 aliphatic rings. The van der Waals surface area contributed by atoms with Gasteiger partial charge in [-0.3, -0.25) is 4.79 Å². The Morgan fingerprint density at radius 2 is 1.89 bits per heavy atom. The van der Waals surface area contributed by atoms with E-state index in [1.807, 2.05) is 25.1 Å². The van der Waals surface area contributed by atoms with Crippen LogP contribution in [-0.2, 0) is 4.79 Å². The molecule has 6 nitrogen and oxygen atoms in total. The number of fused-ring (bicyclic) bond motifs is 1. The fourth-order valence-electron chi connectivity index (χ4n) is 3.43. The maximum Gasteiger partial charge on any atom is 0.335 e. The summed E-state index contributed by atoms with van der Waals surface area (Å²) in [5.41, 5.74) is 5.29. The van der Waals surface area contributed by atoms with Gasteiger partial charge in [0.25, 0.3) is 0 Å². The van der Waals surface area contributed by atoms with E-state index in [4.69, 9.17) is 5.11 Å². The Morgan fingerprint density at radius 1 is 1.15 bits per heavy atom. The normalized spacial score (nSPS) is 15.9. The van der Waals surface area contributed by atoms with Crippen LogP contribution in [0.15, 0.2) is 48.7 Å². The van der Waals surface area contributed by atoms with Gasteiger partial charge in [-0.25, -0.2) is 9.48 Å². The molecule has 27 heavy (non-hydrogen) atoms. The average Bonchev–Trinajstić information content (AvgIpc) is 3.07. The molecule has 1 atom stereocenters. The number of benzene rings is 2. The molecule has 2 heterocycles. The summed E-state index contributed by atoms with van der Waals surface area (Å²) in [4.78, 5) is 23.4. The van der Waals surface area contributed by atoms with Gasteiger partial charge in [0, 0.05) is 17.9 Å². The quantitative estimate of drug-likeness (QED) is 0.746. The third kappa shape index (κ3) is 2.99. The first kappa shape index (κ1) is 17.0. The highest BCUT2D eigenvalue weighted by Crippen LogP contribution is 2.38. The molecule has 1 unspecified atom stereocenters. The third-order valence-corrected chi connectivity index (χ3v) is 5.12. The molecule has 4 rings (SSSR count). The number of carbonyl (C=O) groups excluding carboxylic acids is 1. The van der Waals surface area contributed by atoms with E-state index in [1.54, 1.807) is 35.1 Å². The number of carbonyl (C=O) groups is 2. The number of nitrogens with zero attached hydrogens (tertiary/aromatic N) is 2. The molecule has 1 amide bonds. The number of carboxylic acids is 1. The highest BCUT2D eigenvalue weighted by atomic mass is 16.4. The Bertz CT molecular complexity index is 1050. The minimum atomic E-state index is -0.966. The third-order valence-electron chi connectivity index (χ3n) is 5.12. The molecule has 0 radical (unpaired) electrons. The topological polar surface area (TPSA) is 84.2 Å². The molecule has 2 aromatic carbocycles. The first-order valence-electron chi connectivity index (χ1n) is 8.72. The first-order valence-corrected chi connectivity index (χ1v) is 8.72. The summed E-state index contributed by atoms with van der Waals surface area (Å²) < 4.78 is 1.75. The number of aromatic nitrogens is 2. The van der Waals surface area contributed by atoms with Crippen molar-refractivity contribution in [2.24, 2.45) is 0 Å². The lowest BCUT2D eigenvalue weighted by Gasteiger charge is -2.24. The number of amides is 1. The first-order chi connectivity index (χ1) is 12.9. The predicted molar refractivity (Wildman–Crippen MR) is 102 cm³/mol. The summed E-state index contributed by atoms with van der Waals surface area (Å²) in [5, 5.41) is 16.5. The lowest BCUT2D eigenvalue weighted by atomic mass is 9.87. The molecule has 136 valence electrons. The van der Waals surface area contributed by atoms with Crippen LogP contribution in [0.25, 0.3) is 5.69 Å². The van der Waals surface area contributed by atoms with Crippen molar-refractivity contribution in [2.75, 3.05) is 5.32 Å². The van der Waals surface area contributed by atoms with Crippen LogP contribution in [0.2, 0.25) is 0 Å². The number of nitrogens with one attached hydrogen (secondary N) is 1. The van der Waals surface area contributed by atoms with Crippen LogP contribution in [0.5, 0.6) is 0 Å². The molecule has 0 bridgehead atoms. The van der Waals surface area contributed by atoms with E-state index >= 15 is 0 Å². The van der Waals surface area contributed by atoms with Gasteiger partial charge in [-0.2, -0.15) is 5.10 Å². The van der Waals surface area contributed by atoms with Crippen molar-refractivity contribution in [2.45, 2.75) is 26.2 Å². The highest BCUT2D eigenvalue weighted by Gasteiger charge is 2.30. The number of aromatic carboxylic acids is 1. The number of rotatable bonds is 3. The molecule has 1 aromatic heterocycles. The Kier molecular flexibility index (Phi) is 4.03. The van der Waals surface area contributed by atoms with Gasteiger partial charge in [0.2, 0.25) is 5.91 Å². The summed E-state index contributed by atoms with van der Waals surface area (Å²) in [6.45, 7) is 4.09. The van der Waals surface area contributed by atoms with Gasteiger partial charge in [0.1, 0.15) is 5.82 Å². The molecule has 6 heteroatoms. The fourth-order valence-corrected chi connectivity index (χ4v) is 3.43. The van der Waals surface area contributed by atoms with E-state index < -0.39 is 5.97 Å². The number of hydrogen-bond acceptors (Lipinski definition) is 3. The van der Waals surface area contributed by atoms with Crippen LogP contribution in [0.1, 0.15) is 45.0 Å². The molecule has 3 aromatic rings. The van der Waals surface area contributed by atoms with E-state index in [-0.39, 0.29) is 17.4 Å². The van der Waals surface area contributed by atoms with Crippen LogP contribution < -0.4 is 5.32 Å². The Hall–Kier alpha value is -3.41. The Labute approximate surface area is 156 Å². The SMILES string of the molecule is Cc1ccc(-n2ncc3c2NC(=O)CC3c2ccc(C(=O)O)cc2)cc1C. The zero-order valence-corrected chi connectivity index (χ0v) is 15.1. The van der Waals surface area contributed by atoms with Gasteiger partial charge in [0.15, 0.2) is 0 Å². The van der Waals surface area contributed by atoms with Crippen molar-refractivity contribution in [1.29, 1.82) is 0 Å². The largest absolute Gasteiger partial charge is 0.478 e. The van der Waals surface area contributed by atoms with Crippen molar-refractivity contribution in [3.63, 3.8) is 0 Å². The molecule has 0 saturated heterocycles. The molecule has 1 aliphatic heterocycles. The van der Waals surface area contributed by atoms with Crippen LogP contribution in [0.4, 0.5) is 5.82 Å². The van der Waals surface area contributed by atoms with Crippen LogP contribution >= 0.6 is 0 Å². The summed E-state index contributed by atoms with van der Waals surface area (Å²) in [6, 6.07) is 12.7. The summed E-state index contributed by atoms with van der Waals surface area (Å²) in [5.74, 6) is -0.537. The predicted octanol–water partition coefficient (Wildman–Crippen LogP) is 3.66. The molecule has 0 spiro atoms. The van der Waals surface area contributed by atoms with Crippen molar-refractivity contribution in [3.8, 4) is 5.69 Å². The summed E-state index contributed by atoms with van der Waals surface area (Å²) in [6.07, 6.45) is 2.08. The van der Waals surface area contributed by atoms with Gasteiger partial charge in [0.05, 0.1) is 17.4 Å². The van der Waals surface area contributed by atoms with Crippen LogP contribution in [-0.4, -0.2) is 26.8 Å². The zero-order chi connectivity index (χ0) is 19.1. The van der Waals surface area contributed by atoms with Crippen LogP contribution in [0.3, 0.4) is 0 Å². The minimum absolute atomic E-state index is 0.0830. The standard InChI is InChI=1S/C21H19N3O3/c1-12-3-8-16(9-13(12)2)24-20-18(11-22-24)17(10-19(25)23-20)14-4-6-15(7-5-14)21(26)27/h3-9,11,17H,10H2,1-2H3,(H,23,25)(H,26,27). The van der Waals surface area contributed by atoms with Crippen molar-refractivity contribution < 1.29 is 14.7 Å². The number of aryl methyl sites for hydroxylation is 2. The summed E-state index contributed by atoms with van der Waals surface area (Å²) >= 11 is 0. The van der Waals surface area contributed by atoms with Gasteiger partial charge in [-0.1, -0.05) is 18.2 Å². The molecule has 0 saturated carbocycles. The van der Waals surface area contributed by atoms with Crippen molar-refractivity contribution in [3.05, 3.63) is 76.5 Å². The maximum absolute atomic E-state index is 12.3. The second-order valence-electron chi connectivity index (χ2n) is 6.86. The van der Waals surface area contributed by atoms with Gasteiger partial charge < -0.3 is 10.4 Å². The van der Waals surface area contributed by atoms with E-state index in [0.29, 0.717) is 12.2 Å². The van der Waals surface area contributed by atoms with E-state index in [0.717, 1.165) is 22.4 Å². The Balaban J connectivity index is 1.77. The molecule has 2 N–H and O–H groups in total. The lowest BCUT2D eigenvalue weighted by molar-refractivity contribution is -0.116. The monoisotopic (exact) mass is 361 g/mol. The zero-order valence-electron chi connectivity index (χ0n) is 15.1. The molecule has 0 fully saturated rings. The molecular formula is C21H19N3O3. The average molecular weight is 361 g/mol. The lowest BCUT2D eigenvalue weighted by Crippen LogP contribution is -2.24. The van der Waals surface area contributed by atoms with Crippen molar-refractivity contribution >= 4 is 17.7 Å². The van der Waals surface area contributed by atoms with Gasteiger partial charge >= 0.3 is 5.97 Å². The van der Waals surface area contributed by atoms with E-state index in [2.05, 4.69) is 17.3 Å². The number of carboxylic acid groups (broad SMARTS) is 1. The number of hydrogen-bond donors (Lipinski definition) is 2. The van der Waals surface area contributed by atoms with Crippen LogP contribution in [0, 0.1) is 13.8 Å². The molecule has 0 aliphatic carbocycles. The smallest absolute Gasteiger partial charge is 0.335 e. The summed E-state index contributed by atoms with van der Waals surface area (Å²) in [7, 11) is 0. The van der Waals surface area contributed by atoms with Gasteiger partial charge in [-0.05, 0) is 54.8 Å². The van der Waals surface area contributed by atoms with E-state index in [9.17, 15) is 9.59 Å². The van der Waals surface area contributed by atoms with E-state index in [1.165, 1.54) is 5.56 Å². The second kappa shape index (κ2) is 6.39. The highest BCUT2D eigenvalue weighted by molar-refractivity contribution is 5.94. The number of anilines is 1. The second-order valence-corrected chi connectivity index (χ2v) is 6.86. The van der Waals surface area contributed by atoms with Crippen molar-refractivity contribution in [1.82, 2.24) is 9.78 Å². The fraction of sp³-hybridized carbons (Fsp3) is 0.190. The molecular weight excluding hydrogens is 342 g/mol. The minimum Gasteiger partial charge on any atom is -0.478 e. The Morgan fingerprint density at radius 3 is 2.56 bits per heavy atom. The maximum atomic E-state index is 12.3.